The Balaban J connectivity index is 1.84. The van der Waals surface area contributed by atoms with Crippen molar-refractivity contribution in [2.75, 3.05) is 20.2 Å². The first kappa shape index (κ1) is 24.2. The molecular formula is C21H18ClF3N4O4S. The topological polar surface area (TPSA) is 104 Å². The van der Waals surface area contributed by atoms with Crippen LogP contribution in [0.3, 0.4) is 0 Å². The van der Waals surface area contributed by atoms with Crippen LogP contribution in [-0.4, -0.2) is 64.9 Å². The van der Waals surface area contributed by atoms with E-state index < -0.39 is 42.2 Å². The lowest BCUT2D eigenvalue weighted by atomic mass is 9.95. The number of hydrogen-bond acceptors (Lipinski definition) is 8. The van der Waals surface area contributed by atoms with Crippen LogP contribution >= 0.6 is 22.9 Å². The molecule has 2 aromatic rings. The van der Waals surface area contributed by atoms with Crippen LogP contribution in [0.5, 0.6) is 0 Å². The van der Waals surface area contributed by atoms with Crippen molar-refractivity contribution in [1.82, 2.24) is 15.2 Å². The van der Waals surface area contributed by atoms with Crippen molar-refractivity contribution < 1.29 is 32.6 Å². The molecule has 2 N–H and O–H groups in total. The van der Waals surface area contributed by atoms with Crippen molar-refractivity contribution in [2.45, 2.75) is 24.4 Å². The molecule has 180 valence electrons. The number of aliphatic carboxylic acids is 1. The standard InChI is InChI=1S/C21H18ClF3N4O4S/c1-33-20(32)14-13(9-29-6-4-21(24,25)16(29)19(30)31)27-17(18-26-5-7-34-18)28-15(14)11-3-2-10(23)8-12(11)22/h2-3,5,7-8,15-16H,4,6,9H2,1H3,(H,27,28)(H,30,31). The van der Waals surface area contributed by atoms with Gasteiger partial charge in [0.25, 0.3) is 5.92 Å². The molecule has 1 fully saturated rings. The summed E-state index contributed by atoms with van der Waals surface area (Å²) in [6.45, 7) is -0.550. The Morgan fingerprint density at radius 2 is 2.18 bits per heavy atom. The lowest BCUT2D eigenvalue weighted by Gasteiger charge is -2.31. The number of methoxy groups -OCH3 is 1. The van der Waals surface area contributed by atoms with Crippen molar-refractivity contribution in [2.24, 2.45) is 4.99 Å². The summed E-state index contributed by atoms with van der Waals surface area (Å²) in [5.74, 6) is -6.32. The maximum atomic E-state index is 14.3. The molecule has 0 radical (unpaired) electrons. The van der Waals surface area contributed by atoms with E-state index in [-0.39, 0.29) is 40.8 Å². The van der Waals surface area contributed by atoms with Gasteiger partial charge in [-0.15, -0.1) is 11.3 Å². The van der Waals surface area contributed by atoms with Crippen LogP contribution in [0.25, 0.3) is 0 Å². The van der Waals surface area contributed by atoms with Gasteiger partial charge < -0.3 is 15.2 Å². The average molecular weight is 515 g/mol. The van der Waals surface area contributed by atoms with E-state index in [0.29, 0.717) is 5.01 Å². The van der Waals surface area contributed by atoms with Crippen LogP contribution in [-0.2, 0) is 14.3 Å². The van der Waals surface area contributed by atoms with Crippen LogP contribution in [0.1, 0.15) is 23.0 Å². The number of amidine groups is 1. The number of carbonyl (C=O) groups is 2. The number of likely N-dealkylation sites (tertiary alicyclic amines) is 1. The van der Waals surface area contributed by atoms with Gasteiger partial charge in [0, 0.05) is 47.4 Å². The largest absolute Gasteiger partial charge is 0.480 e. The number of hydrogen-bond donors (Lipinski definition) is 2. The van der Waals surface area contributed by atoms with E-state index in [2.05, 4.69) is 15.3 Å². The number of ether oxygens (including phenoxy) is 1. The molecule has 1 aromatic carbocycles. The summed E-state index contributed by atoms with van der Waals surface area (Å²) in [5.41, 5.74) is 0.329. The lowest BCUT2D eigenvalue weighted by Crippen LogP contribution is -2.48. The Kier molecular flexibility index (Phi) is 6.65. The summed E-state index contributed by atoms with van der Waals surface area (Å²) in [4.78, 5) is 34.3. The number of carbonyl (C=O) groups excluding carboxylic acids is 1. The predicted octanol–water partition coefficient (Wildman–Crippen LogP) is 3.25. The van der Waals surface area contributed by atoms with Crippen molar-refractivity contribution in [3.63, 3.8) is 0 Å². The molecule has 2 unspecified atom stereocenters. The number of thiazole rings is 1. The zero-order chi connectivity index (χ0) is 24.6. The van der Waals surface area contributed by atoms with Crippen molar-refractivity contribution in [1.29, 1.82) is 0 Å². The molecule has 0 saturated carbocycles. The molecule has 0 spiro atoms. The van der Waals surface area contributed by atoms with E-state index >= 15 is 0 Å². The Labute approximate surface area is 200 Å². The smallest absolute Gasteiger partial charge is 0.338 e. The molecule has 0 aliphatic carbocycles. The van der Waals surface area contributed by atoms with E-state index in [1.54, 1.807) is 5.38 Å². The Hall–Kier alpha value is -2.96. The van der Waals surface area contributed by atoms with E-state index in [1.165, 1.54) is 23.6 Å². The van der Waals surface area contributed by atoms with Crippen molar-refractivity contribution in [3.8, 4) is 0 Å². The fourth-order valence-corrected chi connectivity index (χ4v) is 4.86. The van der Waals surface area contributed by atoms with Crippen molar-refractivity contribution >= 4 is 40.7 Å². The zero-order valence-electron chi connectivity index (χ0n) is 17.6. The van der Waals surface area contributed by atoms with Gasteiger partial charge in [-0.05, 0) is 12.1 Å². The number of nitrogens with one attached hydrogen (secondary N) is 1. The highest BCUT2D eigenvalue weighted by Gasteiger charge is 2.53. The van der Waals surface area contributed by atoms with E-state index in [9.17, 15) is 27.9 Å². The summed E-state index contributed by atoms with van der Waals surface area (Å²) in [6, 6.07) is 0.421. The molecule has 0 bridgehead atoms. The minimum atomic E-state index is -3.45. The van der Waals surface area contributed by atoms with Gasteiger partial charge in [0.05, 0.1) is 12.7 Å². The lowest BCUT2D eigenvalue weighted by molar-refractivity contribution is -0.152. The number of benzene rings is 1. The maximum Gasteiger partial charge on any atom is 0.338 e. The van der Waals surface area contributed by atoms with Crippen LogP contribution in [0.15, 0.2) is 46.0 Å². The SMILES string of the molecule is COC(=O)C1=C(CN2CCC(F)(F)C2C(=O)O)NC(c2nccs2)=NC1c1ccc(F)cc1Cl. The zero-order valence-corrected chi connectivity index (χ0v) is 19.2. The maximum absolute atomic E-state index is 14.3. The molecule has 2 atom stereocenters. The first-order chi connectivity index (χ1) is 16.1. The molecule has 13 heteroatoms. The number of halogens is 4. The molecule has 0 amide bonds. The number of aliphatic imine (C=N–C) groups is 1. The second-order valence-electron chi connectivity index (χ2n) is 7.61. The van der Waals surface area contributed by atoms with Crippen LogP contribution in [0.4, 0.5) is 13.2 Å². The third-order valence-corrected chi connectivity index (χ3v) is 6.62. The quantitative estimate of drug-likeness (QED) is 0.570. The monoisotopic (exact) mass is 514 g/mol. The molecule has 8 nitrogen and oxygen atoms in total. The summed E-state index contributed by atoms with van der Waals surface area (Å²) < 4.78 is 47.2. The van der Waals surface area contributed by atoms with Gasteiger partial charge >= 0.3 is 11.9 Å². The number of aromatic nitrogens is 1. The van der Waals surface area contributed by atoms with Gasteiger partial charge in [0.15, 0.2) is 16.9 Å². The number of nitrogens with zero attached hydrogens (tertiary/aromatic N) is 3. The average Bonchev–Trinajstić information content (AvgIpc) is 3.40. The summed E-state index contributed by atoms with van der Waals surface area (Å²) in [5, 5.41) is 14.5. The third kappa shape index (κ3) is 4.52. The van der Waals surface area contributed by atoms with Crippen LogP contribution < -0.4 is 5.32 Å². The Morgan fingerprint density at radius 3 is 2.79 bits per heavy atom. The van der Waals surface area contributed by atoms with Gasteiger partial charge in [0.2, 0.25) is 0 Å². The number of esters is 1. The summed E-state index contributed by atoms with van der Waals surface area (Å²) >= 11 is 7.50. The molecule has 1 aromatic heterocycles. The van der Waals surface area contributed by atoms with E-state index in [0.717, 1.165) is 24.1 Å². The van der Waals surface area contributed by atoms with E-state index in [4.69, 9.17) is 16.3 Å². The summed E-state index contributed by atoms with van der Waals surface area (Å²) in [6.07, 6.45) is 0.885. The number of carboxylic acid groups (broad SMARTS) is 1. The number of rotatable bonds is 6. The van der Waals surface area contributed by atoms with Crippen LogP contribution in [0.2, 0.25) is 5.02 Å². The Bertz CT molecular complexity index is 1190. The minimum absolute atomic E-state index is 0.00832. The fourth-order valence-electron chi connectivity index (χ4n) is 4.00. The van der Waals surface area contributed by atoms with Gasteiger partial charge in [-0.1, -0.05) is 17.7 Å². The fraction of sp³-hybridized carbons (Fsp3) is 0.333. The number of alkyl halides is 2. The normalized spacial score (nSPS) is 22.3. The minimum Gasteiger partial charge on any atom is -0.480 e. The van der Waals surface area contributed by atoms with Crippen LogP contribution in [0, 0.1) is 5.82 Å². The Morgan fingerprint density at radius 1 is 1.41 bits per heavy atom. The molecule has 2 aliphatic rings. The van der Waals surface area contributed by atoms with E-state index in [1.807, 2.05) is 0 Å². The van der Waals surface area contributed by atoms with Crippen molar-refractivity contribution in [3.05, 3.63) is 62.5 Å². The highest BCUT2D eigenvalue weighted by Crippen LogP contribution is 2.39. The molecule has 4 rings (SSSR count). The second-order valence-corrected chi connectivity index (χ2v) is 8.92. The van der Waals surface area contributed by atoms with Gasteiger partial charge in [-0.3, -0.25) is 14.7 Å². The number of carboxylic acids is 1. The molecule has 34 heavy (non-hydrogen) atoms. The van der Waals surface area contributed by atoms with Gasteiger partial charge in [-0.2, -0.15) is 0 Å². The second kappa shape index (κ2) is 9.35. The first-order valence-corrected chi connectivity index (χ1v) is 11.2. The molecule has 3 heterocycles. The van der Waals surface area contributed by atoms with Gasteiger partial charge in [-0.25, -0.2) is 22.9 Å². The molecule has 1 saturated heterocycles. The molecule has 2 aliphatic heterocycles. The highest BCUT2D eigenvalue weighted by atomic mass is 35.5. The predicted molar refractivity (Wildman–Crippen MR) is 118 cm³/mol. The van der Waals surface area contributed by atoms with Gasteiger partial charge in [0.1, 0.15) is 11.9 Å². The summed E-state index contributed by atoms with van der Waals surface area (Å²) in [7, 11) is 1.14. The highest BCUT2D eigenvalue weighted by molar-refractivity contribution is 7.11. The third-order valence-electron chi connectivity index (χ3n) is 5.52. The molecular weight excluding hydrogens is 497 g/mol. The first-order valence-electron chi connectivity index (χ1n) is 9.98.